The number of rotatable bonds is 19. The summed E-state index contributed by atoms with van der Waals surface area (Å²) < 4.78 is 0. The lowest BCUT2D eigenvalue weighted by Crippen LogP contribution is -2.61. The van der Waals surface area contributed by atoms with Crippen molar-refractivity contribution in [3.05, 3.63) is 71.9 Å². The number of benzene rings is 2. The topological polar surface area (TPSA) is 397 Å². The van der Waals surface area contributed by atoms with Gasteiger partial charge in [0.05, 0.1) is 6.42 Å². The van der Waals surface area contributed by atoms with Crippen molar-refractivity contribution in [1.82, 2.24) is 57.3 Å². The normalized spacial score (nSPS) is 23.0. The molecule has 9 atom stereocenters. The molecule has 3 aliphatic heterocycles. The molecule has 26 nitrogen and oxygen atoms in total. The first-order chi connectivity index (χ1) is 40.6. The highest BCUT2D eigenvalue weighted by atomic mass is 16.2. The van der Waals surface area contributed by atoms with Gasteiger partial charge in [-0.2, -0.15) is 0 Å². The van der Waals surface area contributed by atoms with Crippen LogP contribution in [0.3, 0.4) is 0 Å². The van der Waals surface area contributed by atoms with Crippen LogP contribution in [0.2, 0.25) is 0 Å². The highest BCUT2D eigenvalue weighted by Gasteiger charge is 2.43. The Kier molecular flexibility index (Phi) is 24.6. The van der Waals surface area contributed by atoms with E-state index in [-0.39, 0.29) is 102 Å². The largest absolute Gasteiger partial charge is 0.370 e. The number of aromatic amines is 1. The summed E-state index contributed by atoms with van der Waals surface area (Å²) in [6, 6.07) is 4.86. The number of primary amides is 1. The summed E-state index contributed by atoms with van der Waals surface area (Å²) in [5.74, 6) is -8.25. The predicted molar refractivity (Wildman–Crippen MR) is 316 cm³/mol. The molecule has 26 heteroatoms. The third kappa shape index (κ3) is 19.0. The van der Waals surface area contributed by atoms with Crippen LogP contribution in [-0.2, 0) is 65.6 Å². The lowest BCUT2D eigenvalue weighted by Gasteiger charge is -2.31. The minimum atomic E-state index is -1.51. The molecule has 462 valence electrons. The maximum atomic E-state index is 15.1. The maximum absolute atomic E-state index is 15.1. The van der Waals surface area contributed by atoms with Crippen LogP contribution in [0.1, 0.15) is 122 Å². The Morgan fingerprint density at radius 2 is 1.41 bits per heavy atom. The quantitative estimate of drug-likeness (QED) is 0.0407. The number of nitrogens with zero attached hydrogens (tertiary/aromatic N) is 3. The van der Waals surface area contributed by atoms with E-state index < -0.39 is 126 Å². The van der Waals surface area contributed by atoms with E-state index in [0.29, 0.717) is 36.8 Å². The molecule has 0 saturated carbocycles. The SMILES string of the molecule is CCCC[C@H](NC(C)=O)C(=O)N[C@@H]1CC(=O)NCCCC[C@@H](C(=O)N2CCC[C@H]2C(=O)N[C@H](C(N)=O)C(C)C)NC(=O)[C@H](Cc2c[nH]c3ccccc23)NC(=O)[C@@H](CCCN=C(N)N)NC(=O)[C@@H](Cc2ccccc2)NC(=O)[C@@H]2CCCN2C1=O. The first kappa shape index (κ1) is 65.6. The van der Waals surface area contributed by atoms with Gasteiger partial charge >= 0.3 is 0 Å². The Labute approximate surface area is 494 Å². The zero-order valence-electron chi connectivity index (χ0n) is 49.0. The van der Waals surface area contributed by atoms with E-state index in [1.165, 1.54) is 16.7 Å². The number of carbonyl (C=O) groups excluding carboxylic acids is 11. The second-order valence-electron chi connectivity index (χ2n) is 22.5. The van der Waals surface area contributed by atoms with Gasteiger partial charge < -0.3 is 74.5 Å². The minimum absolute atomic E-state index is 0.00835. The smallest absolute Gasteiger partial charge is 0.246 e. The van der Waals surface area contributed by atoms with Crippen molar-refractivity contribution < 1.29 is 52.7 Å². The number of para-hydroxylation sites is 1. The molecule has 0 unspecified atom stereocenters. The van der Waals surface area contributed by atoms with Crippen molar-refractivity contribution in [3.63, 3.8) is 0 Å². The molecule has 11 amide bonds. The average Bonchev–Trinajstić information content (AvgIpc) is 4.35. The molecule has 3 aliphatic rings. The molecule has 15 N–H and O–H groups in total. The molecule has 6 rings (SSSR count). The maximum Gasteiger partial charge on any atom is 0.246 e. The molecule has 85 heavy (non-hydrogen) atoms. The van der Waals surface area contributed by atoms with Crippen LogP contribution >= 0.6 is 0 Å². The summed E-state index contributed by atoms with van der Waals surface area (Å²) in [4.78, 5) is 166. The first-order valence-electron chi connectivity index (χ1n) is 29.6. The fraction of sp³-hybridized carbons (Fsp3) is 0.559. The zero-order valence-corrected chi connectivity index (χ0v) is 49.0. The van der Waals surface area contributed by atoms with E-state index >= 15 is 4.79 Å². The number of guanidine groups is 1. The number of aliphatic imine (C=N–C) groups is 1. The highest BCUT2D eigenvalue weighted by Crippen LogP contribution is 2.24. The zero-order chi connectivity index (χ0) is 61.7. The van der Waals surface area contributed by atoms with Gasteiger partial charge in [0.25, 0.3) is 0 Å². The van der Waals surface area contributed by atoms with Crippen LogP contribution < -0.4 is 59.7 Å². The molecule has 3 fully saturated rings. The van der Waals surface area contributed by atoms with Gasteiger partial charge in [0.2, 0.25) is 65.0 Å². The number of hydrogen-bond acceptors (Lipinski definition) is 12. The van der Waals surface area contributed by atoms with Crippen molar-refractivity contribution in [2.75, 3.05) is 26.2 Å². The molecule has 4 heterocycles. The number of hydrogen-bond donors (Lipinski definition) is 12. The Morgan fingerprint density at radius 1 is 0.741 bits per heavy atom. The fourth-order valence-corrected chi connectivity index (χ4v) is 11.1. The predicted octanol–water partition coefficient (Wildman–Crippen LogP) is -0.576. The Hall–Kier alpha value is -8.58. The summed E-state index contributed by atoms with van der Waals surface area (Å²) in [5, 5.41) is 23.0. The Balaban J connectivity index is 1.41. The lowest BCUT2D eigenvalue weighted by atomic mass is 10.0. The number of unbranched alkanes of at least 4 members (excludes halogenated alkanes) is 1. The number of carbonyl (C=O) groups is 11. The summed E-state index contributed by atoms with van der Waals surface area (Å²) in [7, 11) is 0. The van der Waals surface area contributed by atoms with E-state index in [4.69, 9.17) is 17.2 Å². The summed E-state index contributed by atoms with van der Waals surface area (Å²) in [6.45, 7) is 6.84. The molecule has 3 aromatic rings. The molecule has 0 bridgehead atoms. The van der Waals surface area contributed by atoms with Gasteiger partial charge in [-0.25, -0.2) is 0 Å². The van der Waals surface area contributed by atoms with E-state index in [0.717, 1.165) is 10.9 Å². The average molecular weight is 1180 g/mol. The number of nitrogens with one attached hydrogen (secondary N) is 9. The van der Waals surface area contributed by atoms with Crippen molar-refractivity contribution in [2.24, 2.45) is 28.1 Å². The van der Waals surface area contributed by atoms with Crippen LogP contribution in [0.25, 0.3) is 10.9 Å². The van der Waals surface area contributed by atoms with Crippen molar-refractivity contribution in [3.8, 4) is 0 Å². The van der Waals surface area contributed by atoms with Crippen LogP contribution in [-0.4, -0.2) is 166 Å². The third-order valence-corrected chi connectivity index (χ3v) is 15.6. The van der Waals surface area contributed by atoms with Gasteiger partial charge in [-0.3, -0.25) is 57.7 Å². The standard InChI is InChI=1S/C59H85N15O11/c1-5-6-20-40(66-35(4)75)51(78)71-45-32-48(76)63-26-13-12-22-42(57(84)73-28-16-25-47(73)56(83)72-49(34(2)3)50(60)77)68-54(81)44(31-37-33-65-39-21-11-10-19-38(37)39)69-52(79)41(23-14-27-64-59(61)62)67-53(80)43(30-36-17-8-7-9-18-36)70-55(82)46-24-15-29-74(46)58(45)85/h7-11,17-19,21,33-34,40-47,49,65H,5-6,12-16,20,22-32H2,1-4H3,(H2,60,77)(H,63,76)(H,66,75)(H,67,80)(H,68,81)(H,69,79)(H,70,82)(H,71,78)(H,72,83)(H4,61,62,64)/t40-,41+,42-,43+,44-,45+,46-,47-,49-/m0/s1. The van der Waals surface area contributed by atoms with Gasteiger partial charge in [-0.15, -0.1) is 0 Å². The second-order valence-corrected chi connectivity index (χ2v) is 22.5. The molecule has 0 aliphatic carbocycles. The number of likely N-dealkylation sites (tertiary alicyclic amines) is 1. The van der Waals surface area contributed by atoms with Crippen molar-refractivity contribution in [2.45, 2.75) is 178 Å². The van der Waals surface area contributed by atoms with Crippen LogP contribution in [0, 0.1) is 5.92 Å². The Bertz CT molecular complexity index is 2890. The van der Waals surface area contributed by atoms with Gasteiger partial charge in [-0.1, -0.05) is 82.1 Å². The van der Waals surface area contributed by atoms with E-state index in [1.807, 2.05) is 31.2 Å². The van der Waals surface area contributed by atoms with E-state index in [9.17, 15) is 47.9 Å². The molecule has 2 aromatic carbocycles. The Morgan fingerprint density at radius 3 is 2.12 bits per heavy atom. The number of H-pyrrole nitrogens is 1. The number of nitrogens with two attached hydrogens (primary N) is 3. The molecule has 1 aromatic heterocycles. The highest BCUT2D eigenvalue weighted by molar-refractivity contribution is 6.00. The van der Waals surface area contributed by atoms with Crippen LogP contribution in [0.5, 0.6) is 0 Å². The van der Waals surface area contributed by atoms with Crippen molar-refractivity contribution >= 4 is 81.8 Å². The molecule has 3 saturated heterocycles. The van der Waals surface area contributed by atoms with Crippen molar-refractivity contribution in [1.29, 1.82) is 0 Å². The van der Waals surface area contributed by atoms with Gasteiger partial charge in [0.15, 0.2) is 5.96 Å². The lowest BCUT2D eigenvalue weighted by molar-refractivity contribution is -0.143. The van der Waals surface area contributed by atoms with E-state index in [2.05, 4.69) is 52.5 Å². The number of fused-ring (bicyclic) bond motifs is 2. The molecular weight excluding hydrogens is 1090 g/mol. The van der Waals surface area contributed by atoms with Gasteiger partial charge in [0.1, 0.15) is 54.4 Å². The monoisotopic (exact) mass is 1180 g/mol. The summed E-state index contributed by atoms with van der Waals surface area (Å²) in [5.41, 5.74) is 18.9. The van der Waals surface area contributed by atoms with Crippen LogP contribution in [0.4, 0.5) is 0 Å². The second kappa shape index (κ2) is 31.9. The van der Waals surface area contributed by atoms with Gasteiger partial charge in [0, 0.05) is 63.0 Å². The number of aromatic nitrogens is 1. The van der Waals surface area contributed by atoms with Gasteiger partial charge in [-0.05, 0) is 87.3 Å². The first-order valence-corrected chi connectivity index (χ1v) is 29.6. The minimum Gasteiger partial charge on any atom is -0.370 e. The third-order valence-electron chi connectivity index (χ3n) is 15.6. The molecule has 0 radical (unpaired) electrons. The number of amides is 11. The van der Waals surface area contributed by atoms with Crippen LogP contribution in [0.15, 0.2) is 65.8 Å². The molecule has 0 spiro atoms. The molecular formula is C59H85N15O11. The summed E-state index contributed by atoms with van der Waals surface area (Å²) >= 11 is 0. The fourth-order valence-electron chi connectivity index (χ4n) is 11.1. The summed E-state index contributed by atoms with van der Waals surface area (Å²) in [6.07, 6.45) is 4.08. The van der Waals surface area contributed by atoms with E-state index in [1.54, 1.807) is 50.4 Å².